The maximum atomic E-state index is 13.0. The molecule has 1 aliphatic carbocycles. The molecule has 0 unspecified atom stereocenters. The smallest absolute Gasteiger partial charge is 0.343 e. The Morgan fingerprint density at radius 2 is 2.12 bits per heavy atom. The molecule has 1 aliphatic heterocycles. The molecule has 2 heterocycles. The molecule has 0 amide bonds. The van der Waals surface area contributed by atoms with Crippen LogP contribution in [0.5, 0.6) is 0 Å². The zero-order valence-electron chi connectivity index (χ0n) is 15.3. The molecule has 1 fully saturated rings. The Bertz CT molecular complexity index is 863. The number of esters is 1. The van der Waals surface area contributed by atoms with Crippen molar-refractivity contribution in [2.75, 3.05) is 0 Å². The van der Waals surface area contributed by atoms with E-state index in [1.165, 1.54) is 6.20 Å². The lowest BCUT2D eigenvalue weighted by Crippen LogP contribution is -2.39. The molecule has 1 N–H and O–H groups in total. The second-order valence-electron chi connectivity index (χ2n) is 6.79. The van der Waals surface area contributed by atoms with Crippen LogP contribution < -0.4 is 0 Å². The van der Waals surface area contributed by atoms with Crippen molar-refractivity contribution in [3.63, 3.8) is 0 Å². The third-order valence-corrected chi connectivity index (χ3v) is 4.86. The first-order valence-corrected chi connectivity index (χ1v) is 8.98. The molecule has 1 aromatic rings. The Morgan fingerprint density at radius 3 is 2.81 bits per heavy atom. The number of nitrogens with zero attached hydrogens (tertiary/aromatic N) is 1. The molecule has 5 nitrogen and oxygen atoms in total. The first-order chi connectivity index (χ1) is 12.4. The van der Waals surface area contributed by atoms with Crippen LogP contribution in [0.15, 0.2) is 35.2 Å². The predicted molar refractivity (Wildman–Crippen MR) is 99.5 cm³/mol. The van der Waals surface area contributed by atoms with Gasteiger partial charge in [0.05, 0.1) is 5.69 Å². The molecule has 1 aromatic heterocycles. The number of carbonyl (C=O) groups excluding carboxylic acids is 2. The monoisotopic (exact) mass is 353 g/mol. The third kappa shape index (κ3) is 2.87. The molecule has 0 radical (unpaired) electrons. The molecule has 0 spiro atoms. The Hall–Kier alpha value is -2.69. The lowest BCUT2D eigenvalue weighted by atomic mass is 9.78. The number of allylic oxidation sites excluding steroid dienone is 2. The number of pyridine rings is 1. The molecule has 136 valence electrons. The molecular formula is C21H23NO4. The van der Waals surface area contributed by atoms with E-state index in [1.807, 2.05) is 19.1 Å². The summed E-state index contributed by atoms with van der Waals surface area (Å²) in [5, 5.41) is 10.5. The summed E-state index contributed by atoms with van der Waals surface area (Å²) in [5.74, 6) is -0.956. The van der Waals surface area contributed by atoms with Gasteiger partial charge in [-0.2, -0.15) is 0 Å². The summed E-state index contributed by atoms with van der Waals surface area (Å²) >= 11 is 0. The fraction of sp³-hybridized carbons (Fsp3) is 0.381. The minimum Gasteiger partial charge on any atom is -0.511 e. The third-order valence-electron chi connectivity index (χ3n) is 4.86. The molecule has 1 saturated heterocycles. The summed E-state index contributed by atoms with van der Waals surface area (Å²) in [7, 11) is 0. The van der Waals surface area contributed by atoms with Crippen molar-refractivity contribution in [3.8, 4) is 0 Å². The Morgan fingerprint density at radius 1 is 1.35 bits per heavy atom. The van der Waals surface area contributed by atoms with Crippen molar-refractivity contribution < 1.29 is 19.4 Å². The van der Waals surface area contributed by atoms with Crippen LogP contribution in [0, 0.1) is 0 Å². The Kier molecular flexibility index (Phi) is 4.81. The van der Waals surface area contributed by atoms with Crippen LogP contribution in [0.25, 0.3) is 12.2 Å². The van der Waals surface area contributed by atoms with Crippen LogP contribution in [-0.2, 0) is 9.53 Å². The minimum atomic E-state index is -1.40. The second kappa shape index (κ2) is 6.90. The summed E-state index contributed by atoms with van der Waals surface area (Å²) < 4.78 is 5.42. The number of aromatic nitrogens is 1. The van der Waals surface area contributed by atoms with Gasteiger partial charge >= 0.3 is 5.97 Å². The van der Waals surface area contributed by atoms with E-state index in [-0.39, 0.29) is 17.1 Å². The standard InChI is InChI=1S/C21H23NO4/c1-4-6-7-9-17(23)18-16-11-13-10-14(8-5-2)22-12-15(13)19(24)21(16,3)26-20(18)25/h5,8,10-12,23H,4,6-7,9H2,1-3H3/b8-5+,18-17-/t21-/m1/s1. The van der Waals surface area contributed by atoms with Crippen LogP contribution in [0.1, 0.15) is 68.1 Å². The molecule has 0 saturated carbocycles. The number of Topliss-reactive ketones (excluding diaryl/α,β-unsaturated/α-hetero) is 1. The van der Waals surface area contributed by atoms with Crippen molar-refractivity contribution in [2.45, 2.75) is 52.1 Å². The molecule has 0 bridgehead atoms. The number of fused-ring (bicyclic) bond motifs is 2. The molecule has 0 aromatic carbocycles. The normalized spacial score (nSPS) is 23.6. The van der Waals surface area contributed by atoms with E-state index in [1.54, 1.807) is 19.1 Å². The van der Waals surface area contributed by atoms with Gasteiger partial charge in [0.2, 0.25) is 5.78 Å². The van der Waals surface area contributed by atoms with Gasteiger partial charge in [-0.05, 0) is 44.1 Å². The van der Waals surface area contributed by atoms with E-state index in [0.29, 0.717) is 23.1 Å². The zero-order valence-corrected chi connectivity index (χ0v) is 15.3. The van der Waals surface area contributed by atoms with Gasteiger partial charge in [-0.3, -0.25) is 9.78 Å². The number of unbranched alkanes of at least 4 members (excludes halogenated alkanes) is 2. The highest BCUT2D eigenvalue weighted by Crippen LogP contribution is 2.45. The maximum Gasteiger partial charge on any atom is 0.343 e. The number of aliphatic hydroxyl groups excluding tert-OH is 1. The van der Waals surface area contributed by atoms with Crippen molar-refractivity contribution in [1.82, 2.24) is 4.98 Å². The number of hydrogen-bond donors (Lipinski definition) is 1. The van der Waals surface area contributed by atoms with E-state index in [9.17, 15) is 14.7 Å². The van der Waals surface area contributed by atoms with Crippen molar-refractivity contribution in [1.29, 1.82) is 0 Å². The van der Waals surface area contributed by atoms with Crippen LogP contribution in [0.4, 0.5) is 0 Å². The van der Waals surface area contributed by atoms with E-state index < -0.39 is 11.6 Å². The maximum absolute atomic E-state index is 13.0. The first-order valence-electron chi connectivity index (χ1n) is 8.98. The number of rotatable bonds is 5. The number of hydrogen-bond acceptors (Lipinski definition) is 5. The molecule has 1 atom stereocenters. The minimum absolute atomic E-state index is 0.00240. The lowest BCUT2D eigenvalue weighted by Gasteiger charge is -2.27. The van der Waals surface area contributed by atoms with Crippen LogP contribution in [-0.4, -0.2) is 27.4 Å². The summed E-state index contributed by atoms with van der Waals surface area (Å²) in [5.41, 5.74) is 0.995. The number of ether oxygens (including phenoxy) is 1. The van der Waals surface area contributed by atoms with Crippen molar-refractivity contribution in [3.05, 3.63) is 52.1 Å². The molecule has 2 aliphatic rings. The van der Waals surface area contributed by atoms with Gasteiger partial charge in [-0.15, -0.1) is 0 Å². The summed E-state index contributed by atoms with van der Waals surface area (Å²) in [6.45, 7) is 5.54. The van der Waals surface area contributed by atoms with Gasteiger partial charge < -0.3 is 9.84 Å². The predicted octanol–water partition coefficient (Wildman–Crippen LogP) is 4.40. The Balaban J connectivity index is 2.11. The van der Waals surface area contributed by atoms with E-state index >= 15 is 0 Å². The topological polar surface area (TPSA) is 76.5 Å². The Labute approximate surface area is 153 Å². The fourth-order valence-corrected chi connectivity index (χ4v) is 3.43. The number of ketones is 1. The van der Waals surface area contributed by atoms with Crippen LogP contribution in [0.2, 0.25) is 0 Å². The fourth-order valence-electron chi connectivity index (χ4n) is 3.43. The van der Waals surface area contributed by atoms with Crippen molar-refractivity contribution in [2.24, 2.45) is 0 Å². The zero-order chi connectivity index (χ0) is 18.9. The van der Waals surface area contributed by atoms with Gasteiger partial charge in [0.25, 0.3) is 0 Å². The van der Waals surface area contributed by atoms with Crippen LogP contribution in [0.3, 0.4) is 0 Å². The highest BCUT2D eigenvalue weighted by atomic mass is 16.6. The van der Waals surface area contributed by atoms with Gasteiger partial charge in [0.15, 0.2) is 5.60 Å². The average molecular weight is 353 g/mol. The van der Waals surface area contributed by atoms with Gasteiger partial charge in [-0.25, -0.2) is 4.79 Å². The highest BCUT2D eigenvalue weighted by Gasteiger charge is 2.54. The highest BCUT2D eigenvalue weighted by molar-refractivity contribution is 6.17. The van der Waals surface area contributed by atoms with E-state index in [4.69, 9.17) is 4.74 Å². The molecule has 5 heteroatoms. The SMILES string of the molecule is C/C=C/c1cc2c(cn1)C(=O)[C@]1(C)OC(=O)/C(=C(\O)CCCCC)C1=C2. The van der Waals surface area contributed by atoms with E-state index in [0.717, 1.165) is 25.0 Å². The van der Waals surface area contributed by atoms with Gasteiger partial charge in [0, 0.05) is 23.8 Å². The molecule has 3 rings (SSSR count). The van der Waals surface area contributed by atoms with E-state index in [2.05, 4.69) is 11.9 Å². The average Bonchev–Trinajstić information content (AvgIpc) is 2.86. The van der Waals surface area contributed by atoms with Crippen molar-refractivity contribution >= 4 is 23.9 Å². The van der Waals surface area contributed by atoms with Gasteiger partial charge in [-0.1, -0.05) is 25.8 Å². The molecule has 26 heavy (non-hydrogen) atoms. The molecular weight excluding hydrogens is 330 g/mol. The van der Waals surface area contributed by atoms with Gasteiger partial charge in [0.1, 0.15) is 11.3 Å². The first kappa shape index (κ1) is 18.1. The second-order valence-corrected chi connectivity index (χ2v) is 6.79. The number of carbonyl (C=O) groups is 2. The number of aliphatic hydroxyl groups is 1. The summed E-state index contributed by atoms with van der Waals surface area (Å²) in [4.78, 5) is 29.7. The largest absolute Gasteiger partial charge is 0.511 e. The lowest BCUT2D eigenvalue weighted by molar-refractivity contribution is -0.141. The van der Waals surface area contributed by atoms with Crippen LogP contribution >= 0.6 is 0 Å². The quantitative estimate of drug-likeness (QED) is 0.367. The summed E-state index contributed by atoms with van der Waals surface area (Å²) in [6.07, 6.45) is 10.1. The summed E-state index contributed by atoms with van der Waals surface area (Å²) in [6, 6.07) is 1.80.